The normalized spacial score (nSPS) is 15.1. The Hall–Kier alpha value is -3.28. The van der Waals surface area contributed by atoms with Crippen LogP contribution in [0.15, 0.2) is 67.0 Å². The minimum absolute atomic E-state index is 0.0727. The highest BCUT2D eigenvalue weighted by Crippen LogP contribution is 2.25. The van der Waals surface area contributed by atoms with Gasteiger partial charge in [0.05, 0.1) is 18.7 Å². The van der Waals surface area contributed by atoms with E-state index in [0.29, 0.717) is 13.1 Å². The van der Waals surface area contributed by atoms with Crippen molar-refractivity contribution in [1.29, 1.82) is 0 Å². The van der Waals surface area contributed by atoms with Crippen molar-refractivity contribution in [3.63, 3.8) is 0 Å². The number of carbonyl (C=O) groups excluding carboxylic acids is 1. The summed E-state index contributed by atoms with van der Waals surface area (Å²) in [7, 11) is 1.67. The Kier molecular flexibility index (Phi) is 6.02. The van der Waals surface area contributed by atoms with Crippen LogP contribution in [0.25, 0.3) is 5.69 Å². The zero-order valence-corrected chi connectivity index (χ0v) is 17.6. The zero-order chi connectivity index (χ0) is 20.9. The van der Waals surface area contributed by atoms with Crippen molar-refractivity contribution in [2.75, 3.05) is 38.2 Å². The van der Waals surface area contributed by atoms with Gasteiger partial charge in [-0.05, 0) is 24.1 Å². The van der Waals surface area contributed by atoms with Gasteiger partial charge in [-0.15, -0.1) is 0 Å². The van der Waals surface area contributed by atoms with Crippen LogP contribution in [0.1, 0.15) is 24.8 Å². The van der Waals surface area contributed by atoms with E-state index >= 15 is 0 Å². The molecule has 1 aromatic heterocycles. The molecular formula is C24H28N4O2. The molecule has 156 valence electrons. The number of methoxy groups -OCH3 is 1. The minimum atomic E-state index is -0.0727. The molecule has 0 saturated carbocycles. The van der Waals surface area contributed by atoms with Gasteiger partial charge in [0.15, 0.2) is 0 Å². The van der Waals surface area contributed by atoms with E-state index in [4.69, 9.17) is 4.74 Å². The van der Waals surface area contributed by atoms with Crippen LogP contribution < -0.4 is 9.64 Å². The van der Waals surface area contributed by atoms with E-state index in [1.807, 2.05) is 71.9 Å². The molecule has 4 rings (SSSR count). The van der Waals surface area contributed by atoms with E-state index in [-0.39, 0.29) is 11.8 Å². The number of rotatable bonds is 6. The first kappa shape index (κ1) is 20.0. The van der Waals surface area contributed by atoms with Gasteiger partial charge >= 0.3 is 0 Å². The number of benzene rings is 2. The molecule has 0 N–H and O–H groups in total. The first-order chi connectivity index (χ1) is 14.7. The molecule has 30 heavy (non-hydrogen) atoms. The van der Waals surface area contributed by atoms with Gasteiger partial charge in [0.2, 0.25) is 11.9 Å². The van der Waals surface area contributed by atoms with Crippen LogP contribution in [0.4, 0.5) is 5.95 Å². The van der Waals surface area contributed by atoms with Gasteiger partial charge in [0.1, 0.15) is 5.75 Å². The molecule has 1 amide bonds. The number of carbonyl (C=O) groups is 1. The third-order valence-corrected chi connectivity index (χ3v) is 5.74. The molecule has 1 atom stereocenters. The molecule has 3 aromatic rings. The lowest BCUT2D eigenvalue weighted by atomic mass is 9.95. The lowest BCUT2D eigenvalue weighted by Gasteiger charge is -2.37. The molecule has 1 aliphatic rings. The maximum Gasteiger partial charge on any atom is 0.230 e. The second kappa shape index (κ2) is 9.03. The number of imidazole rings is 1. The number of anilines is 1. The number of hydrogen-bond donors (Lipinski definition) is 0. The molecule has 6 heteroatoms. The Morgan fingerprint density at radius 2 is 1.83 bits per heavy atom. The highest BCUT2D eigenvalue weighted by Gasteiger charge is 2.28. The summed E-state index contributed by atoms with van der Waals surface area (Å²) in [6, 6.07) is 18.0. The van der Waals surface area contributed by atoms with Crippen LogP contribution in [0, 0.1) is 0 Å². The first-order valence-electron chi connectivity index (χ1n) is 10.5. The van der Waals surface area contributed by atoms with Gasteiger partial charge in [-0.3, -0.25) is 9.36 Å². The number of ether oxygens (including phenoxy) is 1. The summed E-state index contributed by atoms with van der Waals surface area (Å²) in [5.41, 5.74) is 2.11. The fraction of sp³-hybridized carbons (Fsp3) is 0.333. The van der Waals surface area contributed by atoms with E-state index in [9.17, 15) is 4.79 Å². The van der Waals surface area contributed by atoms with Crippen LogP contribution in [-0.4, -0.2) is 53.6 Å². The molecular weight excluding hydrogens is 376 g/mol. The third kappa shape index (κ3) is 4.03. The highest BCUT2D eigenvalue weighted by atomic mass is 16.5. The Labute approximate surface area is 177 Å². The molecule has 2 aromatic carbocycles. The summed E-state index contributed by atoms with van der Waals surface area (Å²) in [4.78, 5) is 22.0. The maximum absolute atomic E-state index is 13.2. The summed E-state index contributed by atoms with van der Waals surface area (Å²) in [5, 5.41) is 0. The number of hydrogen-bond acceptors (Lipinski definition) is 4. The van der Waals surface area contributed by atoms with Crippen molar-refractivity contribution in [3.8, 4) is 11.4 Å². The standard InChI is InChI=1S/C24H28N4O2/c1-3-22(19-8-5-4-6-9-19)23(29)26-14-16-27(17-15-26)24-25-12-13-28(24)20-10-7-11-21(18-20)30-2/h4-13,18,22H,3,14-17H2,1-2H3. The Balaban J connectivity index is 1.45. The highest BCUT2D eigenvalue weighted by molar-refractivity contribution is 5.84. The number of aromatic nitrogens is 2. The van der Waals surface area contributed by atoms with E-state index in [2.05, 4.69) is 21.4 Å². The fourth-order valence-electron chi connectivity index (χ4n) is 4.08. The van der Waals surface area contributed by atoms with E-state index < -0.39 is 0 Å². The SMILES string of the molecule is CCC(C(=O)N1CCN(c2nccn2-c2cccc(OC)c2)CC1)c1ccccc1. The average molecular weight is 405 g/mol. The number of piperazine rings is 1. The molecule has 0 radical (unpaired) electrons. The van der Waals surface area contributed by atoms with Crippen molar-refractivity contribution in [2.24, 2.45) is 0 Å². The predicted octanol–water partition coefficient (Wildman–Crippen LogP) is 3.72. The molecule has 1 aliphatic heterocycles. The summed E-state index contributed by atoms with van der Waals surface area (Å²) >= 11 is 0. The van der Waals surface area contributed by atoms with E-state index in [1.54, 1.807) is 7.11 Å². The molecule has 0 spiro atoms. The van der Waals surface area contributed by atoms with Gasteiger partial charge in [-0.25, -0.2) is 4.98 Å². The van der Waals surface area contributed by atoms with Crippen molar-refractivity contribution in [3.05, 3.63) is 72.6 Å². The smallest absolute Gasteiger partial charge is 0.230 e. The summed E-state index contributed by atoms with van der Waals surface area (Å²) in [6.45, 7) is 5.01. The van der Waals surface area contributed by atoms with E-state index in [1.165, 1.54) is 0 Å². The lowest BCUT2D eigenvalue weighted by molar-refractivity contribution is -0.133. The van der Waals surface area contributed by atoms with Crippen molar-refractivity contribution in [2.45, 2.75) is 19.3 Å². The van der Waals surface area contributed by atoms with Crippen LogP contribution >= 0.6 is 0 Å². The number of nitrogens with zero attached hydrogens (tertiary/aromatic N) is 4. The van der Waals surface area contributed by atoms with Crippen LogP contribution in [0.5, 0.6) is 5.75 Å². The molecule has 1 unspecified atom stereocenters. The van der Waals surface area contributed by atoms with Gasteiger partial charge in [0, 0.05) is 44.6 Å². The Bertz CT molecular complexity index is 978. The Morgan fingerprint density at radius 1 is 1.07 bits per heavy atom. The summed E-state index contributed by atoms with van der Waals surface area (Å²) in [5.74, 6) is 1.86. The van der Waals surface area contributed by atoms with Gasteiger partial charge < -0.3 is 14.5 Å². The fourth-order valence-corrected chi connectivity index (χ4v) is 4.08. The zero-order valence-electron chi connectivity index (χ0n) is 17.6. The molecule has 1 fully saturated rings. The summed E-state index contributed by atoms with van der Waals surface area (Å²) in [6.07, 6.45) is 4.59. The molecule has 0 aliphatic carbocycles. The topological polar surface area (TPSA) is 50.6 Å². The van der Waals surface area contributed by atoms with Crippen LogP contribution in [0.2, 0.25) is 0 Å². The third-order valence-electron chi connectivity index (χ3n) is 5.74. The summed E-state index contributed by atoms with van der Waals surface area (Å²) < 4.78 is 7.42. The monoisotopic (exact) mass is 404 g/mol. The second-order valence-corrected chi connectivity index (χ2v) is 7.48. The van der Waals surface area contributed by atoms with Crippen LogP contribution in [-0.2, 0) is 4.79 Å². The average Bonchev–Trinajstić information content (AvgIpc) is 3.30. The first-order valence-corrected chi connectivity index (χ1v) is 10.5. The Morgan fingerprint density at radius 3 is 2.53 bits per heavy atom. The number of amides is 1. The largest absolute Gasteiger partial charge is 0.497 e. The van der Waals surface area contributed by atoms with Gasteiger partial charge in [-0.2, -0.15) is 0 Å². The minimum Gasteiger partial charge on any atom is -0.497 e. The second-order valence-electron chi connectivity index (χ2n) is 7.48. The molecule has 2 heterocycles. The predicted molar refractivity (Wildman–Crippen MR) is 118 cm³/mol. The lowest BCUT2D eigenvalue weighted by Crippen LogP contribution is -2.50. The maximum atomic E-state index is 13.2. The van der Waals surface area contributed by atoms with E-state index in [0.717, 1.165) is 42.5 Å². The molecule has 6 nitrogen and oxygen atoms in total. The van der Waals surface area contributed by atoms with Gasteiger partial charge in [0.25, 0.3) is 0 Å². The van der Waals surface area contributed by atoms with Crippen LogP contribution in [0.3, 0.4) is 0 Å². The van der Waals surface area contributed by atoms with Crippen molar-refractivity contribution in [1.82, 2.24) is 14.5 Å². The molecule has 1 saturated heterocycles. The quantitative estimate of drug-likeness (QED) is 0.628. The van der Waals surface area contributed by atoms with Crippen molar-refractivity contribution < 1.29 is 9.53 Å². The van der Waals surface area contributed by atoms with Crippen molar-refractivity contribution >= 4 is 11.9 Å². The van der Waals surface area contributed by atoms with Gasteiger partial charge in [-0.1, -0.05) is 43.3 Å². The molecule has 0 bridgehead atoms.